The van der Waals surface area contributed by atoms with Crippen LogP contribution in [0, 0.1) is 0 Å². The van der Waals surface area contributed by atoms with Crippen LogP contribution in [-0.2, 0) is 18.2 Å². The summed E-state index contributed by atoms with van der Waals surface area (Å²) in [5.41, 5.74) is 3.41. The van der Waals surface area contributed by atoms with Crippen LogP contribution in [0.5, 0.6) is 5.75 Å². The first kappa shape index (κ1) is 27.8. The molecule has 0 saturated heterocycles. The van der Waals surface area contributed by atoms with Crippen LogP contribution >= 0.6 is 23.2 Å². The number of nitrogens with zero attached hydrogens (tertiary/aromatic N) is 4. The molecule has 0 amide bonds. The number of aromatic nitrogens is 3. The number of pyridine rings is 1. The average Bonchev–Trinajstić information content (AvgIpc) is 3.00. The summed E-state index contributed by atoms with van der Waals surface area (Å²) in [6.07, 6.45) is 10.4. The minimum atomic E-state index is -0.273. The molecule has 0 bridgehead atoms. The molecule has 0 atom stereocenters. The zero-order valence-electron chi connectivity index (χ0n) is 21.7. The average molecular weight is 583 g/mol. The summed E-state index contributed by atoms with van der Waals surface area (Å²) in [5.74, 6) is 0.727. The molecule has 0 radical (unpaired) electrons. The van der Waals surface area contributed by atoms with Crippen molar-refractivity contribution in [2.75, 3.05) is 0 Å². The van der Waals surface area contributed by atoms with Gasteiger partial charge in [-0.05, 0) is 72.3 Å². The van der Waals surface area contributed by atoms with Gasteiger partial charge in [0, 0.05) is 21.8 Å². The van der Waals surface area contributed by atoms with Gasteiger partial charge < -0.3 is 9.57 Å². The molecule has 2 aromatic heterocycles. The zero-order chi connectivity index (χ0) is 28.4. The van der Waals surface area contributed by atoms with Crippen molar-refractivity contribution in [3.8, 4) is 5.75 Å². The van der Waals surface area contributed by atoms with Crippen LogP contribution in [0.15, 0.2) is 120 Å². The van der Waals surface area contributed by atoms with Gasteiger partial charge in [0.1, 0.15) is 24.4 Å². The predicted octanol–water partition coefficient (Wildman–Crippen LogP) is 7.43. The monoisotopic (exact) mass is 582 g/mol. The second-order valence-corrected chi connectivity index (χ2v) is 9.67. The van der Waals surface area contributed by atoms with Gasteiger partial charge in [-0.15, -0.1) is 0 Å². The number of hydrogen-bond acceptors (Lipinski definition) is 6. The van der Waals surface area contributed by atoms with Gasteiger partial charge in [0.05, 0.1) is 16.6 Å². The van der Waals surface area contributed by atoms with Crippen molar-refractivity contribution in [3.05, 3.63) is 147 Å². The molecule has 5 aromatic rings. The molecule has 9 heteroatoms. The quantitative estimate of drug-likeness (QED) is 0.126. The van der Waals surface area contributed by atoms with Gasteiger partial charge >= 0.3 is 0 Å². The number of oxime groups is 1. The molecule has 204 valence electrons. The summed E-state index contributed by atoms with van der Waals surface area (Å²) in [5, 5.41) is 5.78. The molecule has 7 nitrogen and oxygen atoms in total. The van der Waals surface area contributed by atoms with Crippen molar-refractivity contribution >= 4 is 52.0 Å². The van der Waals surface area contributed by atoms with E-state index in [1.807, 2.05) is 78.9 Å². The Morgan fingerprint density at radius 3 is 2.51 bits per heavy atom. The van der Waals surface area contributed by atoms with E-state index in [4.69, 9.17) is 32.8 Å². The number of fused-ring (bicyclic) bond motifs is 1. The van der Waals surface area contributed by atoms with E-state index in [0.29, 0.717) is 33.3 Å². The Hall–Kier alpha value is -4.72. The van der Waals surface area contributed by atoms with Crippen LogP contribution in [0.2, 0.25) is 10.0 Å². The first-order valence-corrected chi connectivity index (χ1v) is 13.4. The summed E-state index contributed by atoms with van der Waals surface area (Å²) in [4.78, 5) is 27.0. The van der Waals surface area contributed by atoms with Crippen molar-refractivity contribution in [3.63, 3.8) is 0 Å². The molecule has 2 heterocycles. The minimum Gasteiger partial charge on any atom is -0.489 e. The number of rotatable bonds is 10. The molecule has 5 rings (SSSR count). The van der Waals surface area contributed by atoms with Gasteiger partial charge in [0.2, 0.25) is 0 Å². The summed E-state index contributed by atoms with van der Waals surface area (Å²) in [7, 11) is 0. The molecule has 0 spiro atoms. The standard InChI is InChI=1S/C32H24Cl2N4O3/c33-25-11-17-31-29(19-25)32(39)38(21-36-31)22-41-37-27(14-13-26-6-3-4-18-35-26)12-8-23-9-15-28(16-10-23)40-20-24-5-1-2-7-30(24)34/h1-19,21H,20,22H2/b12-8+,14-13+,37-27-. The van der Waals surface area contributed by atoms with Gasteiger partial charge in [-0.3, -0.25) is 14.3 Å². The topological polar surface area (TPSA) is 78.6 Å². The van der Waals surface area contributed by atoms with Gasteiger partial charge in [0.15, 0.2) is 6.73 Å². The van der Waals surface area contributed by atoms with Crippen LogP contribution in [-0.4, -0.2) is 20.2 Å². The van der Waals surface area contributed by atoms with E-state index in [1.54, 1.807) is 36.5 Å². The maximum atomic E-state index is 12.8. The highest BCUT2D eigenvalue weighted by Gasteiger charge is 2.05. The fraction of sp³-hybridized carbons (Fsp3) is 0.0625. The molecular weight excluding hydrogens is 559 g/mol. The Bertz CT molecular complexity index is 1780. The van der Waals surface area contributed by atoms with Crippen molar-refractivity contribution in [1.29, 1.82) is 0 Å². The number of halogens is 2. The Labute approximate surface area is 246 Å². The smallest absolute Gasteiger partial charge is 0.264 e. The first-order valence-electron chi connectivity index (χ1n) is 12.6. The highest BCUT2D eigenvalue weighted by Crippen LogP contribution is 2.19. The lowest BCUT2D eigenvalue weighted by atomic mass is 10.1. The van der Waals surface area contributed by atoms with E-state index >= 15 is 0 Å². The Morgan fingerprint density at radius 2 is 1.71 bits per heavy atom. The maximum absolute atomic E-state index is 12.8. The Balaban J connectivity index is 1.29. The van der Waals surface area contributed by atoms with E-state index in [2.05, 4.69) is 15.1 Å². The summed E-state index contributed by atoms with van der Waals surface area (Å²) in [6.45, 7) is 0.255. The second kappa shape index (κ2) is 13.6. The lowest BCUT2D eigenvalue weighted by molar-refractivity contribution is 0.0816. The van der Waals surface area contributed by atoms with Gasteiger partial charge in [-0.25, -0.2) is 4.98 Å². The van der Waals surface area contributed by atoms with Crippen LogP contribution in [0.4, 0.5) is 0 Å². The third-order valence-corrected chi connectivity index (χ3v) is 6.55. The third kappa shape index (κ3) is 7.69. The fourth-order valence-corrected chi connectivity index (χ4v) is 4.15. The van der Waals surface area contributed by atoms with Crippen molar-refractivity contribution in [2.45, 2.75) is 13.3 Å². The predicted molar refractivity (Wildman–Crippen MR) is 164 cm³/mol. The van der Waals surface area contributed by atoms with Gasteiger partial charge in [0.25, 0.3) is 5.56 Å². The Kier molecular flexibility index (Phi) is 9.21. The largest absolute Gasteiger partial charge is 0.489 e. The van der Waals surface area contributed by atoms with E-state index in [-0.39, 0.29) is 12.3 Å². The van der Waals surface area contributed by atoms with E-state index in [1.165, 1.54) is 10.9 Å². The third-order valence-electron chi connectivity index (χ3n) is 5.94. The van der Waals surface area contributed by atoms with Crippen molar-refractivity contribution in [1.82, 2.24) is 14.5 Å². The lowest BCUT2D eigenvalue weighted by Gasteiger charge is -2.08. The number of allylic oxidation sites excluding steroid dienone is 2. The summed E-state index contributed by atoms with van der Waals surface area (Å²) < 4.78 is 7.20. The molecule has 3 aromatic carbocycles. The highest BCUT2D eigenvalue weighted by atomic mass is 35.5. The molecule has 0 fully saturated rings. The zero-order valence-corrected chi connectivity index (χ0v) is 23.2. The SMILES string of the molecule is O=c1c2cc(Cl)ccc2ncn1CO/N=C(/C=C/c1ccc(OCc2ccccc2Cl)cc1)\C=C\c1ccccn1. The van der Waals surface area contributed by atoms with Crippen LogP contribution in [0.25, 0.3) is 23.1 Å². The second-order valence-electron chi connectivity index (χ2n) is 8.83. The van der Waals surface area contributed by atoms with Crippen LogP contribution < -0.4 is 10.3 Å². The van der Waals surface area contributed by atoms with Crippen LogP contribution in [0.3, 0.4) is 0 Å². The number of hydrogen-bond donors (Lipinski definition) is 0. The maximum Gasteiger partial charge on any atom is 0.264 e. The molecule has 0 aliphatic carbocycles. The van der Waals surface area contributed by atoms with Crippen molar-refractivity contribution in [2.24, 2.45) is 5.16 Å². The molecule has 41 heavy (non-hydrogen) atoms. The highest BCUT2D eigenvalue weighted by molar-refractivity contribution is 6.31. The minimum absolute atomic E-state index is 0.124. The molecule has 0 unspecified atom stereocenters. The molecular formula is C32H24Cl2N4O3. The van der Waals surface area contributed by atoms with E-state index in [0.717, 1.165) is 22.6 Å². The van der Waals surface area contributed by atoms with E-state index < -0.39 is 0 Å². The fourth-order valence-electron chi connectivity index (χ4n) is 3.78. The molecule has 0 aliphatic heterocycles. The number of benzene rings is 3. The van der Waals surface area contributed by atoms with Gasteiger partial charge in [-0.1, -0.05) is 70.8 Å². The molecule has 0 aliphatic rings. The summed E-state index contributed by atoms with van der Waals surface area (Å²) in [6, 6.07) is 25.8. The van der Waals surface area contributed by atoms with Gasteiger partial charge in [-0.2, -0.15) is 0 Å². The summed E-state index contributed by atoms with van der Waals surface area (Å²) >= 11 is 12.3. The van der Waals surface area contributed by atoms with Crippen LogP contribution in [0.1, 0.15) is 16.8 Å². The van der Waals surface area contributed by atoms with E-state index in [9.17, 15) is 4.79 Å². The number of ether oxygens (including phenoxy) is 1. The Morgan fingerprint density at radius 1 is 0.902 bits per heavy atom. The normalized spacial score (nSPS) is 11.9. The van der Waals surface area contributed by atoms with Crippen molar-refractivity contribution < 1.29 is 9.57 Å². The lowest BCUT2D eigenvalue weighted by Crippen LogP contribution is -2.21. The molecule has 0 N–H and O–H groups in total. The first-order chi connectivity index (χ1) is 20.0. The molecule has 0 saturated carbocycles.